The normalized spacial score (nSPS) is 16.9. The summed E-state index contributed by atoms with van der Waals surface area (Å²) in [5, 5.41) is 2.53. The van der Waals surface area contributed by atoms with E-state index in [0.29, 0.717) is 0 Å². The van der Waals surface area contributed by atoms with E-state index in [1.807, 2.05) is 12.3 Å². The molecule has 0 fully saturated rings. The average Bonchev–Trinajstić information content (AvgIpc) is 2.71. The third-order valence-corrected chi connectivity index (χ3v) is 5.33. The minimum Gasteiger partial charge on any atom is -0.493 e. The number of benzene rings is 3. The van der Waals surface area contributed by atoms with Gasteiger partial charge in [0.2, 0.25) is 0 Å². The van der Waals surface area contributed by atoms with Gasteiger partial charge >= 0.3 is 0 Å². The molecule has 4 rings (SSSR count). The van der Waals surface area contributed by atoms with Crippen LogP contribution >= 0.6 is 0 Å². The van der Waals surface area contributed by atoms with Gasteiger partial charge in [-0.15, -0.1) is 0 Å². The van der Waals surface area contributed by atoms with Crippen LogP contribution in [-0.4, -0.2) is 26.6 Å². The van der Waals surface area contributed by atoms with E-state index in [1.54, 1.807) is 14.2 Å². The summed E-state index contributed by atoms with van der Waals surface area (Å²) in [4.78, 5) is 7.06. The van der Waals surface area contributed by atoms with E-state index in [1.165, 1.54) is 16.3 Å². The molecule has 0 spiro atoms. The first-order chi connectivity index (χ1) is 13.1. The van der Waals surface area contributed by atoms with Crippen LogP contribution in [0.2, 0.25) is 0 Å². The number of hydrogen-bond acceptors (Lipinski definition) is 4. The highest BCUT2D eigenvalue weighted by molar-refractivity contribution is 5.93. The standard InChI is InChI=1S/C23H24N2O2/c1-15(19-11-7-9-17-8-5-6-10-20(17)19)25-16(2)24-14-18-12-22(26-3)23(27-4)13-21(18)25/h5-16H,1-4H3. The maximum Gasteiger partial charge on any atom is 0.162 e. The number of aliphatic imine (C=N–C) groups is 1. The Morgan fingerprint density at radius 1 is 0.963 bits per heavy atom. The topological polar surface area (TPSA) is 34.1 Å². The van der Waals surface area contributed by atoms with Gasteiger partial charge in [-0.3, -0.25) is 4.99 Å². The molecule has 2 unspecified atom stereocenters. The largest absolute Gasteiger partial charge is 0.493 e. The molecule has 4 nitrogen and oxygen atoms in total. The second kappa shape index (κ2) is 6.95. The van der Waals surface area contributed by atoms with Gasteiger partial charge in [-0.25, -0.2) is 0 Å². The van der Waals surface area contributed by atoms with E-state index in [2.05, 4.69) is 67.3 Å². The molecule has 3 aromatic carbocycles. The Morgan fingerprint density at radius 3 is 2.44 bits per heavy atom. The van der Waals surface area contributed by atoms with Crippen LogP contribution < -0.4 is 14.4 Å². The Labute approximate surface area is 160 Å². The molecule has 2 atom stereocenters. The van der Waals surface area contributed by atoms with E-state index in [9.17, 15) is 0 Å². The van der Waals surface area contributed by atoms with Gasteiger partial charge in [0.1, 0.15) is 6.17 Å². The summed E-state index contributed by atoms with van der Waals surface area (Å²) in [5.74, 6) is 1.45. The minimum atomic E-state index is 0.0320. The number of hydrogen-bond donors (Lipinski definition) is 0. The van der Waals surface area contributed by atoms with Crippen LogP contribution in [0.3, 0.4) is 0 Å². The zero-order valence-corrected chi connectivity index (χ0v) is 16.1. The van der Waals surface area contributed by atoms with Gasteiger partial charge in [0.05, 0.1) is 25.9 Å². The van der Waals surface area contributed by atoms with E-state index >= 15 is 0 Å². The van der Waals surface area contributed by atoms with Crippen molar-refractivity contribution >= 4 is 22.7 Å². The molecule has 138 valence electrons. The van der Waals surface area contributed by atoms with Crippen molar-refractivity contribution in [3.63, 3.8) is 0 Å². The van der Waals surface area contributed by atoms with Gasteiger partial charge in [-0.2, -0.15) is 0 Å². The third-order valence-electron chi connectivity index (χ3n) is 5.33. The third kappa shape index (κ3) is 2.91. The molecule has 0 saturated heterocycles. The quantitative estimate of drug-likeness (QED) is 0.641. The van der Waals surface area contributed by atoms with Crippen molar-refractivity contribution in [2.45, 2.75) is 26.1 Å². The maximum absolute atomic E-state index is 5.55. The van der Waals surface area contributed by atoms with Crippen molar-refractivity contribution in [1.29, 1.82) is 0 Å². The minimum absolute atomic E-state index is 0.0320. The van der Waals surface area contributed by atoms with E-state index in [-0.39, 0.29) is 12.2 Å². The predicted molar refractivity (Wildman–Crippen MR) is 111 cm³/mol. The Morgan fingerprint density at radius 2 is 1.67 bits per heavy atom. The Kier molecular flexibility index (Phi) is 4.48. The molecule has 4 heteroatoms. The van der Waals surface area contributed by atoms with Crippen molar-refractivity contribution in [3.05, 3.63) is 65.7 Å². The van der Waals surface area contributed by atoms with Crippen LogP contribution in [-0.2, 0) is 0 Å². The fourth-order valence-electron chi connectivity index (χ4n) is 3.97. The lowest BCUT2D eigenvalue weighted by Crippen LogP contribution is -2.37. The average molecular weight is 360 g/mol. The number of fused-ring (bicyclic) bond motifs is 2. The van der Waals surface area contributed by atoms with E-state index in [4.69, 9.17) is 14.5 Å². The first-order valence-electron chi connectivity index (χ1n) is 9.19. The Hall–Kier alpha value is -3.01. The monoisotopic (exact) mass is 360 g/mol. The SMILES string of the molecule is COc1cc2c(cc1OC)N(C(C)c1cccc3ccccc13)C(C)N=C2. The molecule has 1 aliphatic heterocycles. The summed E-state index contributed by atoms with van der Waals surface area (Å²) in [6.07, 6.45) is 1.96. The van der Waals surface area contributed by atoms with Crippen molar-refractivity contribution in [2.75, 3.05) is 19.1 Å². The molecule has 0 saturated carbocycles. The summed E-state index contributed by atoms with van der Waals surface area (Å²) in [6, 6.07) is 19.2. The molecular weight excluding hydrogens is 336 g/mol. The number of methoxy groups -OCH3 is 2. The Bertz CT molecular complexity index is 1010. The second-order valence-corrected chi connectivity index (χ2v) is 6.83. The molecule has 1 heterocycles. The fourth-order valence-corrected chi connectivity index (χ4v) is 3.97. The highest BCUT2D eigenvalue weighted by Crippen LogP contribution is 2.41. The van der Waals surface area contributed by atoms with Crippen molar-refractivity contribution in [2.24, 2.45) is 4.99 Å². The summed E-state index contributed by atoms with van der Waals surface area (Å²) < 4.78 is 11.0. The van der Waals surface area contributed by atoms with Crippen molar-refractivity contribution in [3.8, 4) is 11.5 Å². The van der Waals surface area contributed by atoms with Crippen LogP contribution in [0.15, 0.2) is 59.6 Å². The van der Waals surface area contributed by atoms with Crippen molar-refractivity contribution < 1.29 is 9.47 Å². The number of rotatable bonds is 4. The smallest absolute Gasteiger partial charge is 0.162 e. The van der Waals surface area contributed by atoms with E-state index in [0.717, 1.165) is 22.7 Å². The summed E-state index contributed by atoms with van der Waals surface area (Å²) >= 11 is 0. The van der Waals surface area contributed by atoms with Crippen LogP contribution in [0, 0.1) is 0 Å². The lowest BCUT2D eigenvalue weighted by molar-refractivity contribution is 0.354. The second-order valence-electron chi connectivity index (χ2n) is 6.83. The first kappa shape index (κ1) is 17.4. The zero-order chi connectivity index (χ0) is 19.0. The van der Waals surface area contributed by atoms with Gasteiger partial charge in [-0.05, 0) is 36.2 Å². The number of anilines is 1. The van der Waals surface area contributed by atoms with E-state index < -0.39 is 0 Å². The zero-order valence-electron chi connectivity index (χ0n) is 16.1. The molecule has 27 heavy (non-hydrogen) atoms. The highest BCUT2D eigenvalue weighted by atomic mass is 16.5. The van der Waals surface area contributed by atoms with Gasteiger partial charge < -0.3 is 14.4 Å². The molecule has 1 aliphatic rings. The lowest BCUT2D eigenvalue weighted by Gasteiger charge is -2.38. The summed E-state index contributed by atoms with van der Waals surface area (Å²) in [5.41, 5.74) is 3.44. The number of nitrogens with zero attached hydrogens (tertiary/aromatic N) is 2. The predicted octanol–water partition coefficient (Wildman–Crippen LogP) is 5.20. The van der Waals surface area contributed by atoms with Crippen LogP contribution in [0.25, 0.3) is 10.8 Å². The van der Waals surface area contributed by atoms with Gasteiger partial charge in [0.25, 0.3) is 0 Å². The van der Waals surface area contributed by atoms with Gasteiger partial charge in [0, 0.05) is 17.8 Å². The molecular formula is C23H24N2O2. The summed E-state index contributed by atoms with van der Waals surface area (Å²) in [7, 11) is 3.33. The molecule has 0 bridgehead atoms. The van der Waals surface area contributed by atoms with Crippen LogP contribution in [0.4, 0.5) is 5.69 Å². The highest BCUT2D eigenvalue weighted by Gasteiger charge is 2.28. The Balaban J connectivity index is 1.85. The van der Waals surface area contributed by atoms with Gasteiger partial charge in [0.15, 0.2) is 11.5 Å². The molecule has 0 aliphatic carbocycles. The molecule has 0 radical (unpaired) electrons. The molecule has 3 aromatic rings. The first-order valence-corrected chi connectivity index (χ1v) is 9.19. The summed E-state index contributed by atoms with van der Waals surface area (Å²) in [6.45, 7) is 4.36. The maximum atomic E-state index is 5.55. The molecule has 0 aromatic heterocycles. The number of ether oxygens (including phenoxy) is 2. The fraction of sp³-hybridized carbons (Fsp3) is 0.261. The van der Waals surface area contributed by atoms with Gasteiger partial charge in [-0.1, -0.05) is 42.5 Å². The molecule has 0 amide bonds. The van der Waals surface area contributed by atoms with Crippen LogP contribution in [0.5, 0.6) is 11.5 Å². The van der Waals surface area contributed by atoms with Crippen LogP contribution in [0.1, 0.15) is 31.0 Å². The molecule has 0 N–H and O–H groups in total. The lowest BCUT2D eigenvalue weighted by atomic mass is 9.96. The van der Waals surface area contributed by atoms with Crippen molar-refractivity contribution in [1.82, 2.24) is 0 Å².